The molecule has 2 heterocycles. The monoisotopic (exact) mass is 290 g/mol. The van der Waals surface area contributed by atoms with Crippen LogP contribution in [0.4, 0.5) is 4.39 Å². The zero-order valence-corrected chi connectivity index (χ0v) is 11.7. The van der Waals surface area contributed by atoms with Crippen molar-refractivity contribution in [1.29, 1.82) is 0 Å². The van der Waals surface area contributed by atoms with Gasteiger partial charge in [0.25, 0.3) is 5.91 Å². The highest BCUT2D eigenvalue weighted by Gasteiger charge is 2.35. The molecule has 6 heteroatoms. The number of amides is 1. The number of H-pyrrole nitrogens is 1. The van der Waals surface area contributed by atoms with Gasteiger partial charge in [-0.25, -0.2) is 9.18 Å². The van der Waals surface area contributed by atoms with Crippen LogP contribution >= 0.6 is 0 Å². The van der Waals surface area contributed by atoms with Gasteiger partial charge in [0, 0.05) is 16.8 Å². The summed E-state index contributed by atoms with van der Waals surface area (Å²) < 4.78 is 18.1. The molecule has 0 radical (unpaired) electrons. The lowest BCUT2D eigenvalue weighted by Crippen LogP contribution is -2.41. The van der Waals surface area contributed by atoms with Gasteiger partial charge in [0.15, 0.2) is 0 Å². The average molecular weight is 290 g/mol. The van der Waals surface area contributed by atoms with E-state index in [1.165, 1.54) is 12.1 Å². The molecule has 0 bridgehead atoms. The number of carbonyl (C=O) groups excluding carboxylic acids is 2. The third-order valence-electron chi connectivity index (χ3n) is 3.85. The summed E-state index contributed by atoms with van der Waals surface area (Å²) in [6.45, 7) is 3.92. The van der Waals surface area contributed by atoms with Crippen LogP contribution in [0.25, 0.3) is 10.9 Å². The normalized spacial score (nSPS) is 21.6. The summed E-state index contributed by atoms with van der Waals surface area (Å²) in [4.78, 5) is 26.8. The molecule has 21 heavy (non-hydrogen) atoms. The first-order valence-electron chi connectivity index (χ1n) is 6.72. The lowest BCUT2D eigenvalue weighted by atomic mass is 10.1. The maximum atomic E-state index is 13.2. The summed E-state index contributed by atoms with van der Waals surface area (Å²) in [5, 5.41) is 3.45. The molecule has 1 saturated heterocycles. The summed E-state index contributed by atoms with van der Waals surface area (Å²) in [5.74, 6) is -1.25. The molecule has 1 aromatic heterocycles. The number of ether oxygens (including phenoxy) is 1. The summed E-state index contributed by atoms with van der Waals surface area (Å²) in [5.41, 5.74) is 1.61. The molecule has 2 atom stereocenters. The van der Waals surface area contributed by atoms with E-state index in [0.29, 0.717) is 17.8 Å². The zero-order chi connectivity index (χ0) is 15.1. The molecule has 0 spiro atoms. The van der Waals surface area contributed by atoms with Crippen molar-refractivity contribution in [3.63, 3.8) is 0 Å². The summed E-state index contributed by atoms with van der Waals surface area (Å²) in [6.07, 6.45) is 0. The fourth-order valence-corrected chi connectivity index (χ4v) is 2.58. The van der Waals surface area contributed by atoms with Crippen LogP contribution in [0, 0.1) is 18.7 Å². The van der Waals surface area contributed by atoms with E-state index in [1.807, 2.05) is 6.92 Å². The van der Waals surface area contributed by atoms with Crippen LogP contribution in [0.15, 0.2) is 18.2 Å². The first-order valence-corrected chi connectivity index (χ1v) is 6.72. The second-order valence-electron chi connectivity index (χ2n) is 5.37. The number of carbonyl (C=O) groups is 2. The Morgan fingerprint density at radius 2 is 2.24 bits per heavy atom. The Morgan fingerprint density at radius 3 is 2.90 bits per heavy atom. The highest BCUT2D eigenvalue weighted by molar-refractivity contribution is 6.02. The SMILES string of the molecule is Cc1c(C(=O)NC2C(=O)OCC2C)[nH]c2cc(F)ccc12. The molecule has 1 aliphatic heterocycles. The van der Waals surface area contributed by atoms with Crippen molar-refractivity contribution in [2.24, 2.45) is 5.92 Å². The third kappa shape index (κ3) is 2.26. The van der Waals surface area contributed by atoms with E-state index >= 15 is 0 Å². The number of rotatable bonds is 2. The molecule has 5 nitrogen and oxygen atoms in total. The van der Waals surface area contributed by atoms with Gasteiger partial charge in [-0.2, -0.15) is 0 Å². The number of esters is 1. The van der Waals surface area contributed by atoms with Crippen molar-refractivity contribution in [3.8, 4) is 0 Å². The second kappa shape index (κ2) is 4.87. The molecular formula is C15H15FN2O3. The van der Waals surface area contributed by atoms with E-state index in [0.717, 1.165) is 10.9 Å². The van der Waals surface area contributed by atoms with E-state index in [4.69, 9.17) is 4.74 Å². The minimum absolute atomic E-state index is 0.0661. The Labute approximate surface area is 120 Å². The molecule has 1 fully saturated rings. The zero-order valence-electron chi connectivity index (χ0n) is 11.7. The van der Waals surface area contributed by atoms with Crippen LogP contribution in [-0.4, -0.2) is 29.5 Å². The molecule has 1 amide bonds. The fourth-order valence-electron chi connectivity index (χ4n) is 2.58. The van der Waals surface area contributed by atoms with E-state index in [2.05, 4.69) is 10.3 Å². The minimum atomic E-state index is -0.639. The van der Waals surface area contributed by atoms with Crippen molar-refractivity contribution in [1.82, 2.24) is 10.3 Å². The van der Waals surface area contributed by atoms with Gasteiger partial charge in [-0.1, -0.05) is 6.92 Å². The lowest BCUT2D eigenvalue weighted by Gasteiger charge is -2.12. The predicted molar refractivity (Wildman–Crippen MR) is 74.4 cm³/mol. The van der Waals surface area contributed by atoms with Crippen molar-refractivity contribution >= 4 is 22.8 Å². The van der Waals surface area contributed by atoms with E-state index < -0.39 is 12.0 Å². The number of hydrogen-bond donors (Lipinski definition) is 2. The van der Waals surface area contributed by atoms with Crippen molar-refractivity contribution < 1.29 is 18.7 Å². The molecule has 0 aliphatic carbocycles. The van der Waals surface area contributed by atoms with Crippen LogP contribution in [0.5, 0.6) is 0 Å². The number of aromatic amines is 1. The van der Waals surface area contributed by atoms with Crippen molar-refractivity contribution in [2.75, 3.05) is 6.61 Å². The largest absolute Gasteiger partial charge is 0.464 e. The molecule has 3 rings (SSSR count). The molecule has 2 unspecified atom stereocenters. The van der Waals surface area contributed by atoms with E-state index in [9.17, 15) is 14.0 Å². The van der Waals surface area contributed by atoms with Crippen LogP contribution in [0.1, 0.15) is 23.0 Å². The lowest BCUT2D eigenvalue weighted by molar-refractivity contribution is -0.139. The van der Waals surface area contributed by atoms with Gasteiger partial charge in [-0.3, -0.25) is 4.79 Å². The highest BCUT2D eigenvalue weighted by Crippen LogP contribution is 2.23. The van der Waals surface area contributed by atoms with Crippen molar-refractivity contribution in [3.05, 3.63) is 35.3 Å². The van der Waals surface area contributed by atoms with Crippen LogP contribution < -0.4 is 5.32 Å². The van der Waals surface area contributed by atoms with Gasteiger partial charge in [-0.05, 0) is 30.7 Å². The minimum Gasteiger partial charge on any atom is -0.464 e. The van der Waals surface area contributed by atoms with E-state index in [-0.39, 0.29) is 17.6 Å². The Balaban J connectivity index is 1.91. The molecule has 110 valence electrons. The van der Waals surface area contributed by atoms with Gasteiger partial charge in [0.05, 0.1) is 6.61 Å². The van der Waals surface area contributed by atoms with Gasteiger partial charge in [0.2, 0.25) is 0 Å². The van der Waals surface area contributed by atoms with Crippen LogP contribution in [-0.2, 0) is 9.53 Å². The molecule has 1 aliphatic rings. The summed E-state index contributed by atoms with van der Waals surface area (Å²) >= 11 is 0. The second-order valence-corrected chi connectivity index (χ2v) is 5.37. The van der Waals surface area contributed by atoms with Crippen molar-refractivity contribution in [2.45, 2.75) is 19.9 Å². The van der Waals surface area contributed by atoms with Crippen LogP contribution in [0.2, 0.25) is 0 Å². The average Bonchev–Trinajstić information content (AvgIpc) is 2.93. The topological polar surface area (TPSA) is 71.2 Å². The number of aryl methyl sites for hydroxylation is 1. The van der Waals surface area contributed by atoms with Gasteiger partial charge < -0.3 is 15.0 Å². The molecule has 2 aromatic rings. The fraction of sp³-hybridized carbons (Fsp3) is 0.333. The molecule has 0 saturated carbocycles. The maximum Gasteiger partial charge on any atom is 0.329 e. The quantitative estimate of drug-likeness (QED) is 0.830. The Bertz CT molecular complexity index is 738. The number of cyclic esters (lactones) is 1. The number of fused-ring (bicyclic) bond motifs is 1. The third-order valence-corrected chi connectivity index (χ3v) is 3.85. The van der Waals surface area contributed by atoms with Gasteiger partial charge in [-0.15, -0.1) is 0 Å². The van der Waals surface area contributed by atoms with Gasteiger partial charge >= 0.3 is 5.97 Å². The number of benzene rings is 1. The molecule has 1 aromatic carbocycles. The van der Waals surface area contributed by atoms with Crippen LogP contribution in [0.3, 0.4) is 0 Å². The molecular weight excluding hydrogens is 275 g/mol. The summed E-state index contributed by atoms with van der Waals surface area (Å²) in [7, 11) is 0. The molecule has 2 N–H and O–H groups in total. The van der Waals surface area contributed by atoms with E-state index in [1.54, 1.807) is 13.0 Å². The predicted octanol–water partition coefficient (Wildman–Crippen LogP) is 1.91. The number of halogens is 1. The Morgan fingerprint density at radius 1 is 1.48 bits per heavy atom. The highest BCUT2D eigenvalue weighted by atomic mass is 19.1. The summed E-state index contributed by atoms with van der Waals surface area (Å²) in [6, 6.07) is 3.67. The smallest absolute Gasteiger partial charge is 0.329 e. The maximum absolute atomic E-state index is 13.2. The first kappa shape index (κ1) is 13.6. The number of nitrogens with one attached hydrogen (secondary N) is 2. The number of aromatic nitrogens is 1. The Hall–Kier alpha value is -2.37. The number of hydrogen-bond acceptors (Lipinski definition) is 3. The Kier molecular flexibility index (Phi) is 3.16. The first-order chi connectivity index (χ1) is 9.97. The standard InChI is InChI=1S/C15H15FN2O3/c1-7-6-21-15(20)12(7)18-14(19)13-8(2)10-4-3-9(16)5-11(10)17-13/h3-5,7,12,17H,6H2,1-2H3,(H,18,19). The van der Waals surface area contributed by atoms with Gasteiger partial charge in [0.1, 0.15) is 17.6 Å².